The molecular weight excluding hydrogens is 208 g/mol. The van der Waals surface area contributed by atoms with E-state index in [2.05, 4.69) is 42.5 Å². The highest BCUT2D eigenvalue weighted by atomic mass is 16.3. The number of fused-ring (bicyclic) bond motifs is 2. The molecule has 17 heavy (non-hydrogen) atoms. The maximum Gasteiger partial charge on any atom is 0.0762 e. The van der Waals surface area contributed by atoms with E-state index >= 15 is 0 Å². The van der Waals surface area contributed by atoms with Gasteiger partial charge in [0.15, 0.2) is 0 Å². The highest BCUT2D eigenvalue weighted by molar-refractivity contribution is 5.98. The zero-order valence-electron chi connectivity index (χ0n) is 9.72. The van der Waals surface area contributed by atoms with E-state index in [-0.39, 0.29) is 0 Å². The van der Waals surface area contributed by atoms with E-state index in [1.54, 1.807) is 6.92 Å². The fraction of sp³-hybridized carbons (Fsp3) is 0.125. The molecule has 0 aliphatic carbocycles. The maximum absolute atomic E-state index is 9.60. The normalized spacial score (nSPS) is 13.1. The van der Waals surface area contributed by atoms with Crippen molar-refractivity contribution < 1.29 is 5.11 Å². The van der Waals surface area contributed by atoms with Gasteiger partial charge in [0.25, 0.3) is 0 Å². The topological polar surface area (TPSA) is 20.2 Å². The molecule has 1 nitrogen and oxygen atoms in total. The van der Waals surface area contributed by atoms with Gasteiger partial charge in [-0.3, -0.25) is 0 Å². The van der Waals surface area contributed by atoms with Crippen LogP contribution in [0.25, 0.3) is 21.5 Å². The molecule has 3 aromatic carbocycles. The molecular formula is C16H14O. The van der Waals surface area contributed by atoms with Gasteiger partial charge in [0.2, 0.25) is 0 Å². The second-order valence-electron chi connectivity index (χ2n) is 4.48. The van der Waals surface area contributed by atoms with E-state index in [4.69, 9.17) is 0 Å². The van der Waals surface area contributed by atoms with Crippen molar-refractivity contribution in [1.82, 2.24) is 0 Å². The molecule has 0 heterocycles. The Labute approximate surface area is 100 Å². The molecule has 0 saturated heterocycles. The molecule has 0 saturated carbocycles. The van der Waals surface area contributed by atoms with Gasteiger partial charge in [0, 0.05) is 0 Å². The lowest BCUT2D eigenvalue weighted by Crippen LogP contribution is -1.90. The van der Waals surface area contributed by atoms with Crippen molar-refractivity contribution in [3.63, 3.8) is 0 Å². The van der Waals surface area contributed by atoms with Crippen molar-refractivity contribution in [1.29, 1.82) is 0 Å². The van der Waals surface area contributed by atoms with Gasteiger partial charge < -0.3 is 5.11 Å². The third-order valence-corrected chi connectivity index (χ3v) is 3.21. The van der Waals surface area contributed by atoms with Gasteiger partial charge in [-0.2, -0.15) is 0 Å². The third-order valence-electron chi connectivity index (χ3n) is 3.21. The van der Waals surface area contributed by atoms with Crippen molar-refractivity contribution >= 4 is 21.5 Å². The van der Waals surface area contributed by atoms with Gasteiger partial charge in [0.05, 0.1) is 6.10 Å². The summed E-state index contributed by atoms with van der Waals surface area (Å²) in [5, 5.41) is 14.5. The minimum absolute atomic E-state index is 0.411. The second kappa shape index (κ2) is 3.86. The summed E-state index contributed by atoms with van der Waals surface area (Å²) in [4.78, 5) is 0. The molecule has 1 N–H and O–H groups in total. The van der Waals surface area contributed by atoms with E-state index in [0.29, 0.717) is 0 Å². The Morgan fingerprint density at radius 3 is 2.00 bits per heavy atom. The van der Waals surface area contributed by atoms with Gasteiger partial charge >= 0.3 is 0 Å². The van der Waals surface area contributed by atoms with Crippen LogP contribution >= 0.6 is 0 Å². The number of benzene rings is 3. The zero-order valence-corrected chi connectivity index (χ0v) is 9.72. The molecule has 0 aromatic heterocycles. The van der Waals surface area contributed by atoms with Crippen LogP contribution in [0.4, 0.5) is 0 Å². The number of hydrogen-bond acceptors (Lipinski definition) is 1. The molecule has 0 spiro atoms. The summed E-state index contributed by atoms with van der Waals surface area (Å²) in [5.74, 6) is 0. The minimum atomic E-state index is -0.411. The molecule has 3 rings (SSSR count). The molecule has 0 fully saturated rings. The van der Waals surface area contributed by atoms with Crippen molar-refractivity contribution in [2.45, 2.75) is 13.0 Å². The number of hydrogen-bond donors (Lipinski definition) is 1. The summed E-state index contributed by atoms with van der Waals surface area (Å²) in [7, 11) is 0. The molecule has 0 radical (unpaired) electrons. The number of aliphatic hydroxyl groups is 1. The van der Waals surface area contributed by atoms with Crippen molar-refractivity contribution in [3.8, 4) is 0 Å². The van der Waals surface area contributed by atoms with E-state index in [0.717, 1.165) is 5.56 Å². The van der Waals surface area contributed by atoms with Crippen molar-refractivity contribution in [2.75, 3.05) is 0 Å². The summed E-state index contributed by atoms with van der Waals surface area (Å²) in [5.41, 5.74) is 0.966. The molecule has 1 atom stereocenters. The molecule has 3 aromatic rings. The second-order valence-corrected chi connectivity index (χ2v) is 4.48. The Hall–Kier alpha value is -1.86. The SMILES string of the molecule is C[C@@H](O)c1ccc2cc3ccccc3cc2c1. The average molecular weight is 222 g/mol. The molecule has 1 heteroatoms. The van der Waals surface area contributed by atoms with Gasteiger partial charge in [-0.25, -0.2) is 0 Å². The highest BCUT2D eigenvalue weighted by Crippen LogP contribution is 2.25. The molecule has 0 aliphatic heterocycles. The van der Waals surface area contributed by atoms with Gasteiger partial charge in [-0.05, 0) is 52.2 Å². The lowest BCUT2D eigenvalue weighted by Gasteiger charge is -2.07. The van der Waals surface area contributed by atoms with E-state index < -0.39 is 6.10 Å². The van der Waals surface area contributed by atoms with Crippen LogP contribution < -0.4 is 0 Å². The third kappa shape index (κ3) is 1.79. The lowest BCUT2D eigenvalue weighted by molar-refractivity contribution is 0.199. The van der Waals surface area contributed by atoms with Crippen LogP contribution in [0.15, 0.2) is 54.6 Å². The average Bonchev–Trinajstić information content (AvgIpc) is 2.35. The monoisotopic (exact) mass is 222 g/mol. The van der Waals surface area contributed by atoms with Crippen molar-refractivity contribution in [2.24, 2.45) is 0 Å². The standard InChI is InChI=1S/C16H14O/c1-11(17)12-6-7-15-9-13-4-2-3-5-14(13)10-16(15)8-12/h2-11,17H,1H3/t11-/m1/s1. The van der Waals surface area contributed by atoms with Gasteiger partial charge in [-0.1, -0.05) is 36.4 Å². The Kier molecular flexibility index (Phi) is 2.34. The predicted molar refractivity (Wildman–Crippen MR) is 72.1 cm³/mol. The minimum Gasteiger partial charge on any atom is -0.389 e. The quantitative estimate of drug-likeness (QED) is 0.616. The Bertz CT molecular complexity index is 683. The van der Waals surface area contributed by atoms with Crippen LogP contribution in [0.3, 0.4) is 0 Å². The van der Waals surface area contributed by atoms with Gasteiger partial charge in [-0.15, -0.1) is 0 Å². The zero-order chi connectivity index (χ0) is 11.8. The first-order chi connectivity index (χ1) is 8.24. The number of rotatable bonds is 1. The summed E-state index contributed by atoms with van der Waals surface area (Å²) in [6, 6.07) is 18.8. The van der Waals surface area contributed by atoms with E-state index in [1.165, 1.54) is 21.5 Å². The Morgan fingerprint density at radius 2 is 1.35 bits per heavy atom. The van der Waals surface area contributed by atoms with Crippen LogP contribution in [0.1, 0.15) is 18.6 Å². The first-order valence-electron chi connectivity index (χ1n) is 5.84. The fourth-order valence-electron chi connectivity index (χ4n) is 2.22. The summed E-state index contributed by atoms with van der Waals surface area (Å²) >= 11 is 0. The fourth-order valence-corrected chi connectivity index (χ4v) is 2.22. The molecule has 0 amide bonds. The van der Waals surface area contributed by atoms with E-state index in [9.17, 15) is 5.11 Å². The van der Waals surface area contributed by atoms with E-state index in [1.807, 2.05) is 12.1 Å². The Balaban J connectivity index is 2.32. The Morgan fingerprint density at radius 1 is 0.765 bits per heavy atom. The molecule has 0 unspecified atom stereocenters. The first kappa shape index (κ1) is 10.3. The smallest absolute Gasteiger partial charge is 0.0762 e. The first-order valence-corrected chi connectivity index (χ1v) is 5.84. The summed E-state index contributed by atoms with van der Waals surface area (Å²) in [6.07, 6.45) is -0.411. The van der Waals surface area contributed by atoms with Crippen LogP contribution in [0.5, 0.6) is 0 Å². The molecule has 0 bridgehead atoms. The van der Waals surface area contributed by atoms with Crippen molar-refractivity contribution in [3.05, 3.63) is 60.2 Å². The number of aliphatic hydroxyl groups excluding tert-OH is 1. The molecule has 0 aliphatic rings. The van der Waals surface area contributed by atoms with Crippen LogP contribution in [-0.2, 0) is 0 Å². The highest BCUT2D eigenvalue weighted by Gasteiger charge is 2.03. The van der Waals surface area contributed by atoms with Gasteiger partial charge in [0.1, 0.15) is 0 Å². The maximum atomic E-state index is 9.60. The lowest BCUT2D eigenvalue weighted by atomic mass is 10.0. The summed E-state index contributed by atoms with van der Waals surface area (Å²) < 4.78 is 0. The largest absolute Gasteiger partial charge is 0.389 e. The van der Waals surface area contributed by atoms with Crippen LogP contribution in [-0.4, -0.2) is 5.11 Å². The molecule has 84 valence electrons. The summed E-state index contributed by atoms with van der Waals surface area (Å²) in [6.45, 7) is 1.79. The van der Waals surface area contributed by atoms with Crippen LogP contribution in [0.2, 0.25) is 0 Å². The predicted octanol–water partition coefficient (Wildman–Crippen LogP) is 4.05. The van der Waals surface area contributed by atoms with Crippen LogP contribution in [0, 0.1) is 0 Å².